The third-order valence-electron chi connectivity index (χ3n) is 6.57. The van der Waals surface area contributed by atoms with Gasteiger partial charge in [-0.25, -0.2) is 4.98 Å². The monoisotopic (exact) mass is 561 g/mol. The van der Waals surface area contributed by atoms with Gasteiger partial charge in [0.1, 0.15) is 11.6 Å². The van der Waals surface area contributed by atoms with Gasteiger partial charge in [-0.2, -0.15) is 0 Å². The molecule has 0 spiro atoms. The van der Waals surface area contributed by atoms with E-state index in [1.165, 1.54) is 16.6 Å². The Bertz CT molecular complexity index is 1310. The molecule has 0 fully saturated rings. The van der Waals surface area contributed by atoms with E-state index in [0.717, 1.165) is 73.2 Å². The quantitative estimate of drug-likeness (QED) is 0.173. The Hall–Kier alpha value is -3.12. The van der Waals surface area contributed by atoms with Crippen molar-refractivity contribution in [2.75, 3.05) is 13.2 Å². The Balaban J connectivity index is 1.22. The van der Waals surface area contributed by atoms with E-state index in [0.29, 0.717) is 12.1 Å². The number of hydrogen-bond donors (Lipinski definition) is 1. The summed E-state index contributed by atoms with van der Waals surface area (Å²) in [5, 5.41) is 3.02. The number of para-hydroxylation sites is 2. The molecular weight excluding hydrogens is 526 g/mol. The summed E-state index contributed by atoms with van der Waals surface area (Å²) in [6, 6.07) is 22.2. The molecule has 194 valence electrons. The second-order valence-corrected chi connectivity index (χ2v) is 10.5. The first-order valence-corrected chi connectivity index (χ1v) is 14.0. The molecule has 1 aromatic heterocycles. The van der Waals surface area contributed by atoms with Crippen LogP contribution in [0, 0.1) is 13.8 Å². The lowest BCUT2D eigenvalue weighted by atomic mass is 10.1. The summed E-state index contributed by atoms with van der Waals surface area (Å²) >= 11 is 3.40. The molecule has 5 nitrogen and oxygen atoms in total. The zero-order valence-electron chi connectivity index (χ0n) is 21.8. The second-order valence-electron chi connectivity index (χ2n) is 9.57. The Morgan fingerprint density at radius 3 is 2.57 bits per heavy atom. The largest absolute Gasteiger partial charge is 0.493 e. The molecule has 6 heteroatoms. The number of carbonyl (C=O) groups is 1. The van der Waals surface area contributed by atoms with Crippen molar-refractivity contribution >= 4 is 32.9 Å². The second kappa shape index (κ2) is 13.4. The molecule has 0 saturated carbocycles. The van der Waals surface area contributed by atoms with Crippen molar-refractivity contribution in [1.29, 1.82) is 0 Å². The first kappa shape index (κ1) is 26.9. The predicted molar refractivity (Wildman–Crippen MR) is 154 cm³/mol. The van der Waals surface area contributed by atoms with Crippen LogP contribution in [0.15, 0.2) is 71.2 Å². The normalized spacial score (nSPS) is 11.1. The first-order chi connectivity index (χ1) is 18.0. The van der Waals surface area contributed by atoms with E-state index in [-0.39, 0.29) is 5.91 Å². The Kier molecular flexibility index (Phi) is 9.78. The molecule has 3 aromatic carbocycles. The zero-order valence-corrected chi connectivity index (χ0v) is 23.4. The third-order valence-corrected chi connectivity index (χ3v) is 7.10. The highest BCUT2D eigenvalue weighted by atomic mass is 79.9. The summed E-state index contributed by atoms with van der Waals surface area (Å²) in [4.78, 5) is 17.2. The summed E-state index contributed by atoms with van der Waals surface area (Å²) < 4.78 is 9.37. The van der Waals surface area contributed by atoms with Crippen LogP contribution in [0.25, 0.3) is 11.0 Å². The van der Waals surface area contributed by atoms with Gasteiger partial charge in [-0.15, -0.1) is 0 Å². The number of unbranched alkanes of at least 4 members (excludes halogenated alkanes) is 3. The number of amides is 1. The van der Waals surface area contributed by atoms with Crippen LogP contribution < -0.4 is 10.1 Å². The Morgan fingerprint density at radius 2 is 1.76 bits per heavy atom. The van der Waals surface area contributed by atoms with Crippen molar-refractivity contribution in [1.82, 2.24) is 14.9 Å². The van der Waals surface area contributed by atoms with E-state index in [4.69, 9.17) is 9.72 Å². The molecule has 0 aliphatic rings. The van der Waals surface area contributed by atoms with Crippen LogP contribution in [0.4, 0.5) is 0 Å². The van der Waals surface area contributed by atoms with Crippen molar-refractivity contribution in [3.63, 3.8) is 0 Å². The number of aromatic nitrogens is 2. The van der Waals surface area contributed by atoms with Crippen LogP contribution >= 0.6 is 15.9 Å². The molecule has 1 heterocycles. The minimum atomic E-state index is -0.0178. The maximum absolute atomic E-state index is 12.3. The van der Waals surface area contributed by atoms with E-state index in [1.54, 1.807) is 0 Å². The van der Waals surface area contributed by atoms with E-state index in [2.05, 4.69) is 82.1 Å². The number of imidazole rings is 1. The molecular formula is C31H36BrN3O2. The lowest BCUT2D eigenvalue weighted by molar-refractivity contribution is 0.0953. The minimum Gasteiger partial charge on any atom is -0.493 e. The lowest BCUT2D eigenvalue weighted by Gasteiger charge is -2.12. The van der Waals surface area contributed by atoms with Crippen LogP contribution in [-0.2, 0) is 13.0 Å². The molecule has 1 amide bonds. The summed E-state index contributed by atoms with van der Waals surface area (Å²) in [5.74, 6) is 2.11. The smallest absolute Gasteiger partial charge is 0.251 e. The zero-order chi connectivity index (χ0) is 26.0. The van der Waals surface area contributed by atoms with Crippen LogP contribution in [0.1, 0.15) is 59.4 Å². The van der Waals surface area contributed by atoms with Gasteiger partial charge in [0.2, 0.25) is 0 Å². The number of benzene rings is 3. The highest BCUT2D eigenvalue weighted by Gasteiger charge is 2.10. The van der Waals surface area contributed by atoms with Crippen LogP contribution in [0.2, 0.25) is 0 Å². The number of fused-ring (bicyclic) bond motifs is 1. The summed E-state index contributed by atoms with van der Waals surface area (Å²) in [6.45, 7) is 6.55. The standard InChI is InChI=1S/C31H36BrN3O2/c1-23-13-18-29(24(2)22-23)37-21-9-8-20-35-28-11-6-5-10-27(28)34-30(35)12-4-3-7-19-33-31(36)25-14-16-26(32)17-15-25/h5-6,10-11,13-18,22H,3-4,7-9,12,19-21H2,1-2H3,(H,33,36). The molecule has 0 aliphatic heterocycles. The number of ether oxygens (including phenoxy) is 1. The number of carbonyl (C=O) groups excluding carboxylic acids is 1. The molecule has 0 atom stereocenters. The fraction of sp³-hybridized carbons (Fsp3) is 0.355. The highest BCUT2D eigenvalue weighted by molar-refractivity contribution is 9.10. The van der Waals surface area contributed by atoms with Gasteiger partial charge in [-0.1, -0.05) is 52.2 Å². The number of halogens is 1. The molecule has 0 aliphatic carbocycles. The van der Waals surface area contributed by atoms with E-state index >= 15 is 0 Å². The van der Waals surface area contributed by atoms with E-state index in [9.17, 15) is 4.79 Å². The molecule has 4 rings (SSSR count). The lowest BCUT2D eigenvalue weighted by Crippen LogP contribution is -2.24. The van der Waals surface area contributed by atoms with Gasteiger partial charge in [0.05, 0.1) is 17.6 Å². The van der Waals surface area contributed by atoms with Gasteiger partial charge in [0.15, 0.2) is 0 Å². The summed E-state index contributed by atoms with van der Waals surface area (Å²) in [7, 11) is 0. The number of aryl methyl sites for hydroxylation is 4. The van der Waals surface area contributed by atoms with Gasteiger partial charge in [0.25, 0.3) is 5.91 Å². The van der Waals surface area contributed by atoms with E-state index < -0.39 is 0 Å². The van der Waals surface area contributed by atoms with Crippen molar-refractivity contribution < 1.29 is 9.53 Å². The van der Waals surface area contributed by atoms with Crippen molar-refractivity contribution in [2.24, 2.45) is 0 Å². The van der Waals surface area contributed by atoms with Crippen molar-refractivity contribution in [3.8, 4) is 5.75 Å². The summed E-state index contributed by atoms with van der Waals surface area (Å²) in [6.07, 6.45) is 6.03. The molecule has 0 radical (unpaired) electrons. The molecule has 37 heavy (non-hydrogen) atoms. The van der Waals surface area contributed by atoms with Crippen molar-refractivity contribution in [3.05, 3.63) is 93.7 Å². The average Bonchev–Trinajstić information content (AvgIpc) is 3.24. The SMILES string of the molecule is Cc1ccc(OCCCCn2c(CCCCCNC(=O)c3ccc(Br)cc3)nc3ccccc32)c(C)c1. The van der Waals surface area contributed by atoms with E-state index in [1.807, 2.05) is 24.3 Å². The number of rotatable bonds is 13. The van der Waals surface area contributed by atoms with Gasteiger partial charge < -0.3 is 14.6 Å². The van der Waals surface area contributed by atoms with Gasteiger partial charge in [-0.3, -0.25) is 4.79 Å². The average molecular weight is 563 g/mol. The van der Waals surface area contributed by atoms with Gasteiger partial charge >= 0.3 is 0 Å². The van der Waals surface area contributed by atoms with Gasteiger partial charge in [-0.05, 0) is 87.6 Å². The molecule has 1 N–H and O–H groups in total. The maximum atomic E-state index is 12.3. The first-order valence-electron chi connectivity index (χ1n) is 13.2. The summed E-state index contributed by atoms with van der Waals surface area (Å²) in [5.41, 5.74) is 5.40. The molecule has 4 aromatic rings. The fourth-order valence-corrected chi connectivity index (χ4v) is 4.84. The Labute approximate surface area is 228 Å². The highest BCUT2D eigenvalue weighted by Crippen LogP contribution is 2.21. The molecule has 0 saturated heterocycles. The van der Waals surface area contributed by atoms with Crippen LogP contribution in [0.5, 0.6) is 5.75 Å². The maximum Gasteiger partial charge on any atom is 0.251 e. The number of nitrogens with one attached hydrogen (secondary N) is 1. The number of nitrogens with zero attached hydrogens (tertiary/aromatic N) is 2. The molecule has 0 unspecified atom stereocenters. The van der Waals surface area contributed by atoms with Crippen molar-refractivity contribution in [2.45, 2.75) is 58.9 Å². The topological polar surface area (TPSA) is 56.1 Å². The third kappa shape index (κ3) is 7.68. The van der Waals surface area contributed by atoms with Crippen LogP contribution in [-0.4, -0.2) is 28.6 Å². The minimum absolute atomic E-state index is 0.0178. The van der Waals surface area contributed by atoms with Crippen LogP contribution in [0.3, 0.4) is 0 Å². The predicted octanol–water partition coefficient (Wildman–Crippen LogP) is 7.42. The Morgan fingerprint density at radius 1 is 0.946 bits per heavy atom. The molecule has 0 bridgehead atoms. The van der Waals surface area contributed by atoms with Gasteiger partial charge in [0, 0.05) is 29.5 Å². The fourth-order valence-electron chi connectivity index (χ4n) is 4.57. The number of hydrogen-bond acceptors (Lipinski definition) is 3.